The number of fused-ring (bicyclic) bond motifs is 1. The van der Waals surface area contributed by atoms with Gasteiger partial charge in [-0.3, -0.25) is 4.79 Å². The van der Waals surface area contributed by atoms with Crippen molar-refractivity contribution in [3.05, 3.63) is 94.8 Å². The van der Waals surface area contributed by atoms with Gasteiger partial charge in [-0.15, -0.1) is 0 Å². The molecule has 6 heteroatoms. The Balaban J connectivity index is 1.38. The quantitative estimate of drug-likeness (QED) is 0.263. The van der Waals surface area contributed by atoms with Gasteiger partial charge in [0.1, 0.15) is 11.6 Å². The number of carbonyl (C=O) groups is 1. The highest BCUT2D eigenvalue weighted by molar-refractivity contribution is 6.30. The molecule has 0 aliphatic heterocycles. The first-order valence-corrected chi connectivity index (χ1v) is 12.1. The number of halogens is 1. The van der Waals surface area contributed by atoms with Crippen LogP contribution < -0.4 is 10.1 Å². The van der Waals surface area contributed by atoms with Crippen LogP contribution in [0.5, 0.6) is 5.75 Å². The molecule has 0 spiro atoms. The van der Waals surface area contributed by atoms with Crippen LogP contribution in [0.25, 0.3) is 11.0 Å². The van der Waals surface area contributed by atoms with E-state index in [9.17, 15) is 4.79 Å². The van der Waals surface area contributed by atoms with Gasteiger partial charge in [0.15, 0.2) is 0 Å². The van der Waals surface area contributed by atoms with Crippen molar-refractivity contribution in [1.29, 1.82) is 0 Å². The zero-order chi connectivity index (χ0) is 23.9. The minimum absolute atomic E-state index is 0.153. The average molecular weight is 476 g/mol. The number of carbonyl (C=O) groups excluding carboxylic acids is 1. The Labute approximate surface area is 205 Å². The first-order chi connectivity index (χ1) is 16.5. The van der Waals surface area contributed by atoms with Gasteiger partial charge in [-0.2, -0.15) is 0 Å². The summed E-state index contributed by atoms with van der Waals surface area (Å²) in [7, 11) is 0. The van der Waals surface area contributed by atoms with Gasteiger partial charge in [-0.05, 0) is 72.9 Å². The van der Waals surface area contributed by atoms with Crippen LogP contribution >= 0.6 is 11.6 Å². The van der Waals surface area contributed by atoms with E-state index in [1.54, 1.807) is 24.3 Å². The fraction of sp³-hybridized carbons (Fsp3) is 0.286. The van der Waals surface area contributed by atoms with Crippen LogP contribution in [0.15, 0.2) is 72.8 Å². The summed E-state index contributed by atoms with van der Waals surface area (Å²) in [6, 6.07) is 23.3. The van der Waals surface area contributed by atoms with E-state index in [0.29, 0.717) is 29.7 Å². The number of benzene rings is 3. The summed E-state index contributed by atoms with van der Waals surface area (Å²) >= 11 is 5.92. The van der Waals surface area contributed by atoms with E-state index in [1.165, 1.54) is 5.56 Å². The van der Waals surface area contributed by atoms with Gasteiger partial charge in [0.2, 0.25) is 0 Å². The Kier molecular flexibility index (Phi) is 7.86. The monoisotopic (exact) mass is 475 g/mol. The van der Waals surface area contributed by atoms with Gasteiger partial charge in [-0.1, -0.05) is 49.7 Å². The largest absolute Gasteiger partial charge is 0.494 e. The van der Waals surface area contributed by atoms with Crippen LogP contribution in [0.1, 0.15) is 54.4 Å². The number of rotatable bonds is 10. The molecule has 4 aromatic rings. The summed E-state index contributed by atoms with van der Waals surface area (Å²) in [6.45, 7) is 6.13. The first kappa shape index (κ1) is 23.8. The van der Waals surface area contributed by atoms with E-state index in [0.717, 1.165) is 42.0 Å². The van der Waals surface area contributed by atoms with Crippen molar-refractivity contribution < 1.29 is 9.53 Å². The molecule has 0 radical (unpaired) electrons. The molecule has 1 aromatic heterocycles. The molecule has 1 amide bonds. The molecule has 4 rings (SSSR count). The van der Waals surface area contributed by atoms with Gasteiger partial charge in [0.25, 0.3) is 5.91 Å². The lowest BCUT2D eigenvalue weighted by atomic mass is 9.99. The maximum atomic E-state index is 12.5. The Bertz CT molecular complexity index is 1230. The zero-order valence-corrected chi connectivity index (χ0v) is 20.4. The van der Waals surface area contributed by atoms with Crippen molar-refractivity contribution in [2.75, 3.05) is 6.61 Å². The van der Waals surface area contributed by atoms with E-state index in [2.05, 4.69) is 41.9 Å². The van der Waals surface area contributed by atoms with Gasteiger partial charge >= 0.3 is 0 Å². The number of hydrogen-bond acceptors (Lipinski definition) is 3. The van der Waals surface area contributed by atoms with E-state index >= 15 is 0 Å². The maximum Gasteiger partial charge on any atom is 0.251 e. The predicted molar refractivity (Wildman–Crippen MR) is 138 cm³/mol. The average Bonchev–Trinajstić information content (AvgIpc) is 3.23. The third-order valence-corrected chi connectivity index (χ3v) is 6.36. The summed E-state index contributed by atoms with van der Waals surface area (Å²) in [5, 5.41) is 3.58. The van der Waals surface area contributed by atoms with Crippen LogP contribution in [0, 0.1) is 0 Å². The molecule has 0 saturated heterocycles. The van der Waals surface area contributed by atoms with Crippen LogP contribution in [-0.4, -0.2) is 22.1 Å². The Morgan fingerprint density at radius 3 is 2.53 bits per heavy atom. The smallest absolute Gasteiger partial charge is 0.251 e. The SMILES string of the molecule is CCC(C)c1ccc(OCCCn2c(CNC(=O)c3ccc(Cl)cc3)nc3ccccc32)cc1. The van der Waals surface area contributed by atoms with Gasteiger partial charge in [0, 0.05) is 17.1 Å². The van der Waals surface area contributed by atoms with E-state index < -0.39 is 0 Å². The number of ether oxygens (including phenoxy) is 1. The van der Waals surface area contributed by atoms with Crippen molar-refractivity contribution in [3.8, 4) is 5.75 Å². The lowest BCUT2D eigenvalue weighted by Crippen LogP contribution is -2.25. The van der Waals surface area contributed by atoms with Crippen molar-refractivity contribution in [3.63, 3.8) is 0 Å². The maximum absolute atomic E-state index is 12.5. The lowest BCUT2D eigenvalue weighted by molar-refractivity contribution is 0.0949. The minimum atomic E-state index is -0.153. The molecule has 1 atom stereocenters. The Morgan fingerprint density at radius 2 is 1.79 bits per heavy atom. The molecule has 176 valence electrons. The fourth-order valence-corrected chi connectivity index (χ4v) is 4.04. The van der Waals surface area contributed by atoms with E-state index in [4.69, 9.17) is 21.3 Å². The Morgan fingerprint density at radius 1 is 1.06 bits per heavy atom. The topological polar surface area (TPSA) is 56.1 Å². The number of imidazole rings is 1. The molecule has 0 fully saturated rings. The highest BCUT2D eigenvalue weighted by atomic mass is 35.5. The number of hydrogen-bond donors (Lipinski definition) is 1. The molecule has 0 aliphatic rings. The second-order valence-corrected chi connectivity index (χ2v) is 8.87. The second kappa shape index (κ2) is 11.2. The fourth-order valence-electron chi connectivity index (χ4n) is 3.91. The number of aromatic nitrogens is 2. The number of nitrogens with one attached hydrogen (secondary N) is 1. The Hall–Kier alpha value is -3.31. The van der Waals surface area contributed by atoms with Crippen molar-refractivity contribution >= 4 is 28.5 Å². The van der Waals surface area contributed by atoms with Crippen LogP contribution in [0.3, 0.4) is 0 Å². The molecule has 5 nitrogen and oxygen atoms in total. The number of para-hydroxylation sites is 2. The number of amides is 1. The molecule has 1 unspecified atom stereocenters. The summed E-state index contributed by atoms with van der Waals surface area (Å²) < 4.78 is 8.14. The zero-order valence-electron chi connectivity index (χ0n) is 19.6. The molecular formula is C28H30ClN3O2. The van der Waals surface area contributed by atoms with Crippen molar-refractivity contribution in [2.45, 2.75) is 45.7 Å². The van der Waals surface area contributed by atoms with Gasteiger partial charge in [0.05, 0.1) is 24.2 Å². The molecule has 1 N–H and O–H groups in total. The van der Waals surface area contributed by atoms with Crippen LogP contribution in [0.4, 0.5) is 0 Å². The highest BCUT2D eigenvalue weighted by Gasteiger charge is 2.12. The van der Waals surface area contributed by atoms with E-state index in [1.807, 2.05) is 30.3 Å². The minimum Gasteiger partial charge on any atom is -0.494 e. The van der Waals surface area contributed by atoms with E-state index in [-0.39, 0.29) is 5.91 Å². The third kappa shape index (κ3) is 5.78. The summed E-state index contributed by atoms with van der Waals surface area (Å²) in [5.74, 6) is 2.11. The highest BCUT2D eigenvalue weighted by Crippen LogP contribution is 2.22. The lowest BCUT2D eigenvalue weighted by Gasteiger charge is -2.12. The molecule has 0 aliphatic carbocycles. The predicted octanol–water partition coefficient (Wildman–Crippen LogP) is 6.60. The summed E-state index contributed by atoms with van der Waals surface area (Å²) in [4.78, 5) is 17.3. The molecule has 1 heterocycles. The van der Waals surface area contributed by atoms with Crippen LogP contribution in [-0.2, 0) is 13.1 Å². The second-order valence-electron chi connectivity index (χ2n) is 8.44. The normalized spacial score (nSPS) is 12.0. The molecular weight excluding hydrogens is 446 g/mol. The van der Waals surface area contributed by atoms with Crippen molar-refractivity contribution in [1.82, 2.24) is 14.9 Å². The standard InChI is InChI=1S/C28H30ClN3O2/c1-3-20(2)21-11-15-24(16-12-21)34-18-6-17-32-26-8-5-4-7-25(26)31-27(32)19-30-28(33)22-9-13-23(29)14-10-22/h4-5,7-16,20H,3,6,17-19H2,1-2H3,(H,30,33). The van der Waals surface area contributed by atoms with Gasteiger partial charge in [-0.25, -0.2) is 4.98 Å². The van der Waals surface area contributed by atoms with Gasteiger partial charge < -0.3 is 14.6 Å². The summed E-state index contributed by atoms with van der Waals surface area (Å²) in [5.41, 5.74) is 3.88. The third-order valence-electron chi connectivity index (χ3n) is 6.10. The molecule has 34 heavy (non-hydrogen) atoms. The number of nitrogens with zero attached hydrogens (tertiary/aromatic N) is 2. The van der Waals surface area contributed by atoms with Crippen LogP contribution in [0.2, 0.25) is 5.02 Å². The first-order valence-electron chi connectivity index (χ1n) is 11.8. The number of aryl methyl sites for hydroxylation is 1. The molecule has 0 bridgehead atoms. The summed E-state index contributed by atoms with van der Waals surface area (Å²) in [6.07, 6.45) is 1.95. The van der Waals surface area contributed by atoms with Crippen molar-refractivity contribution in [2.24, 2.45) is 0 Å². The molecule has 3 aromatic carbocycles. The molecule has 0 saturated carbocycles.